The van der Waals surface area contributed by atoms with Crippen LogP contribution < -0.4 is 16.4 Å². The fraction of sp³-hybridized carbons (Fsp3) is 0.343. The van der Waals surface area contributed by atoms with Gasteiger partial charge in [-0.1, -0.05) is 82.5 Å². The minimum absolute atomic E-state index is 0.0181. The first-order chi connectivity index (χ1) is 21.6. The second-order valence-corrected chi connectivity index (χ2v) is 10.9. The Balaban J connectivity index is 0.000000470. The monoisotopic (exact) mass is 641 g/mol. The van der Waals surface area contributed by atoms with Crippen LogP contribution in [0.1, 0.15) is 71.7 Å². The first-order valence-electron chi connectivity index (χ1n) is 14.7. The van der Waals surface area contributed by atoms with Gasteiger partial charge in [-0.25, -0.2) is 0 Å². The molecule has 1 aliphatic rings. The standard InChI is InChI=1S/C23H29N3O.C9H9F2OP.C2H6O.CH2O/c1-16(15-24)18-11-12-20-19(13-18)9-6-10-21(20)26-23(27)14-22(25-2)17-7-4-3-5-8-17;10-9(11,13)8-3-1-2-7(6-8)4-5-12;1-2-3;1-2/h3-5,7-8,11-13,21-22,25H,1,6,9-10,14-15,24H2,2H3,(H,26,27);1-3,5-6H,4,13H2;3H,2H2,1H3;1H2/t21-,22-;;;/m1.../s1. The molecule has 10 heteroatoms. The van der Waals surface area contributed by atoms with Crippen molar-refractivity contribution in [3.05, 3.63) is 113 Å². The zero-order valence-electron chi connectivity index (χ0n) is 26.1. The number of hydrogen-bond donors (Lipinski definition) is 4. The normalized spacial score (nSPS) is 14.0. The van der Waals surface area contributed by atoms with E-state index in [1.165, 1.54) is 38.6 Å². The van der Waals surface area contributed by atoms with Gasteiger partial charge in [-0.15, -0.1) is 0 Å². The van der Waals surface area contributed by atoms with E-state index < -0.39 is 5.66 Å². The summed E-state index contributed by atoms with van der Waals surface area (Å²) in [4.78, 5) is 30.8. The molecule has 3 aromatic carbocycles. The molecule has 1 unspecified atom stereocenters. The van der Waals surface area contributed by atoms with Crippen LogP contribution in [0.15, 0.2) is 79.4 Å². The number of aryl methyl sites for hydroxylation is 1. The van der Waals surface area contributed by atoms with Crippen molar-refractivity contribution in [2.45, 2.75) is 56.8 Å². The largest absolute Gasteiger partial charge is 0.397 e. The van der Waals surface area contributed by atoms with E-state index in [1.807, 2.05) is 32.0 Å². The molecule has 0 heterocycles. The van der Waals surface area contributed by atoms with E-state index in [-0.39, 0.29) is 36.6 Å². The number of hydrogen-bond acceptors (Lipinski definition) is 6. The average molecular weight is 642 g/mol. The van der Waals surface area contributed by atoms with Gasteiger partial charge in [0.2, 0.25) is 5.91 Å². The number of benzene rings is 3. The lowest BCUT2D eigenvalue weighted by atomic mass is 9.85. The number of fused-ring (bicyclic) bond motifs is 1. The van der Waals surface area contributed by atoms with Gasteiger partial charge in [0.05, 0.1) is 6.04 Å². The number of rotatable bonds is 10. The summed E-state index contributed by atoms with van der Waals surface area (Å²) in [5, 5.41) is 14.1. The fourth-order valence-electron chi connectivity index (χ4n) is 4.81. The number of carbonyl (C=O) groups excluding carboxylic acids is 3. The van der Waals surface area contributed by atoms with Gasteiger partial charge in [0, 0.05) is 37.6 Å². The number of aliphatic hydroxyl groups excluding tert-OH is 1. The predicted octanol–water partition coefficient (Wildman–Crippen LogP) is 5.67. The van der Waals surface area contributed by atoms with Gasteiger partial charge in [0.25, 0.3) is 5.66 Å². The molecular formula is C35H46F2N3O4P. The molecule has 1 aliphatic carbocycles. The molecule has 5 N–H and O–H groups in total. The molecule has 0 aromatic heterocycles. The zero-order valence-corrected chi connectivity index (χ0v) is 27.3. The van der Waals surface area contributed by atoms with E-state index in [9.17, 15) is 18.4 Å². The van der Waals surface area contributed by atoms with Crippen LogP contribution in [-0.2, 0) is 32.9 Å². The first-order valence-corrected chi connectivity index (χ1v) is 15.3. The third-order valence-electron chi connectivity index (χ3n) is 7.02. The quantitative estimate of drug-likeness (QED) is 0.167. The van der Waals surface area contributed by atoms with Crippen LogP contribution in [0.2, 0.25) is 0 Å². The molecule has 7 nitrogen and oxygen atoms in total. The predicted molar refractivity (Wildman–Crippen MR) is 181 cm³/mol. The summed E-state index contributed by atoms with van der Waals surface area (Å²) in [6.45, 7) is 8.42. The van der Waals surface area contributed by atoms with Crippen molar-refractivity contribution in [2.24, 2.45) is 5.73 Å². The molecule has 0 saturated heterocycles. The van der Waals surface area contributed by atoms with Gasteiger partial charge in [-0.3, -0.25) is 4.79 Å². The lowest BCUT2D eigenvalue weighted by molar-refractivity contribution is -0.122. The highest BCUT2D eigenvalue weighted by Gasteiger charge is 2.25. The summed E-state index contributed by atoms with van der Waals surface area (Å²) >= 11 is 0. The summed E-state index contributed by atoms with van der Waals surface area (Å²) in [6, 6.07) is 22.4. The summed E-state index contributed by atoms with van der Waals surface area (Å²) in [5.74, 6) is 0.0755. The van der Waals surface area contributed by atoms with Gasteiger partial charge in [0.1, 0.15) is 13.1 Å². The molecule has 1 amide bonds. The molecule has 4 rings (SSSR count). The zero-order chi connectivity index (χ0) is 33.8. The smallest absolute Gasteiger partial charge is 0.283 e. The van der Waals surface area contributed by atoms with Gasteiger partial charge < -0.3 is 31.1 Å². The van der Waals surface area contributed by atoms with Crippen LogP contribution in [0.5, 0.6) is 0 Å². The van der Waals surface area contributed by atoms with Crippen LogP contribution in [0.3, 0.4) is 0 Å². The topological polar surface area (TPSA) is 122 Å². The van der Waals surface area contributed by atoms with Gasteiger partial charge >= 0.3 is 0 Å². The number of nitrogens with one attached hydrogen (secondary N) is 2. The second kappa shape index (κ2) is 21.2. The second-order valence-electron chi connectivity index (χ2n) is 10.2. The molecule has 0 aliphatic heterocycles. The third-order valence-corrected chi connectivity index (χ3v) is 7.35. The highest BCUT2D eigenvalue weighted by atomic mass is 31.0. The molecule has 0 fully saturated rings. The SMILES string of the molecule is C=C(CN)c1ccc2c(c1)CCC[C@H]2NC(=O)C[C@@H](NC)c1ccccc1.C=O.CCO.O=CCc1cccc(C(F)(F)P)c1. The Morgan fingerprint density at radius 2 is 1.80 bits per heavy atom. The van der Waals surface area contributed by atoms with E-state index in [2.05, 4.69) is 47.5 Å². The van der Waals surface area contributed by atoms with E-state index in [0.717, 1.165) is 36.0 Å². The number of nitrogens with two attached hydrogens (primary N) is 1. The van der Waals surface area contributed by atoms with Crippen molar-refractivity contribution in [3.8, 4) is 0 Å². The lowest BCUT2D eigenvalue weighted by Crippen LogP contribution is -2.33. The van der Waals surface area contributed by atoms with Crippen molar-refractivity contribution in [2.75, 3.05) is 20.2 Å². The Morgan fingerprint density at radius 3 is 2.38 bits per heavy atom. The highest BCUT2D eigenvalue weighted by Crippen LogP contribution is 2.35. The minimum atomic E-state index is -2.92. The van der Waals surface area contributed by atoms with Crippen molar-refractivity contribution in [1.29, 1.82) is 0 Å². The van der Waals surface area contributed by atoms with Gasteiger partial charge in [-0.2, -0.15) is 8.78 Å². The minimum Gasteiger partial charge on any atom is -0.397 e. The van der Waals surface area contributed by atoms with Crippen LogP contribution in [-0.4, -0.2) is 44.3 Å². The van der Waals surface area contributed by atoms with Crippen LogP contribution in [0.25, 0.3) is 5.57 Å². The Labute approximate surface area is 267 Å². The molecule has 244 valence electrons. The number of alkyl halides is 2. The summed E-state index contributed by atoms with van der Waals surface area (Å²) < 4.78 is 25.5. The summed E-state index contributed by atoms with van der Waals surface area (Å²) in [7, 11) is 3.36. The van der Waals surface area contributed by atoms with E-state index in [0.29, 0.717) is 24.8 Å². The maximum atomic E-state index is 12.7. The number of halogens is 2. The first kappa shape index (κ1) is 39.4. The Bertz CT molecular complexity index is 1340. The summed E-state index contributed by atoms with van der Waals surface area (Å²) in [6.07, 6.45) is 4.38. The molecule has 3 aromatic rings. The fourth-order valence-corrected chi connectivity index (χ4v) is 4.99. The van der Waals surface area contributed by atoms with E-state index in [4.69, 9.17) is 15.6 Å². The van der Waals surface area contributed by atoms with Crippen molar-refractivity contribution in [3.63, 3.8) is 0 Å². The Morgan fingerprint density at radius 1 is 1.13 bits per heavy atom. The molecule has 0 bridgehead atoms. The van der Waals surface area contributed by atoms with Crippen molar-refractivity contribution in [1.82, 2.24) is 10.6 Å². The van der Waals surface area contributed by atoms with E-state index in [1.54, 1.807) is 13.0 Å². The molecule has 3 atom stereocenters. The lowest BCUT2D eigenvalue weighted by Gasteiger charge is -2.28. The average Bonchev–Trinajstić information content (AvgIpc) is 3.05. The van der Waals surface area contributed by atoms with Crippen LogP contribution >= 0.6 is 9.24 Å². The van der Waals surface area contributed by atoms with Crippen LogP contribution in [0.4, 0.5) is 8.78 Å². The maximum absolute atomic E-state index is 12.7. The molecule has 0 radical (unpaired) electrons. The van der Waals surface area contributed by atoms with Gasteiger partial charge in [0.15, 0.2) is 0 Å². The molecule has 0 spiro atoms. The van der Waals surface area contributed by atoms with Gasteiger partial charge in [-0.05, 0) is 72.7 Å². The highest BCUT2D eigenvalue weighted by molar-refractivity contribution is 7.17. The Hall–Kier alpha value is -3.62. The van der Waals surface area contributed by atoms with Crippen LogP contribution in [0, 0.1) is 0 Å². The van der Waals surface area contributed by atoms with Crippen molar-refractivity contribution >= 4 is 33.8 Å². The van der Waals surface area contributed by atoms with Crippen molar-refractivity contribution < 1.29 is 28.3 Å². The maximum Gasteiger partial charge on any atom is 0.283 e. The third kappa shape index (κ3) is 13.5. The molecule has 45 heavy (non-hydrogen) atoms. The molecular weight excluding hydrogens is 595 g/mol. The Kier molecular flexibility index (Phi) is 18.5. The molecule has 0 saturated carbocycles. The number of amides is 1. The number of aliphatic hydroxyl groups is 1. The summed E-state index contributed by atoms with van der Waals surface area (Å²) in [5.41, 5.74) is 9.02. The number of carbonyl (C=O) groups is 3. The van der Waals surface area contributed by atoms with E-state index >= 15 is 0 Å². The number of aldehydes is 1.